The topological polar surface area (TPSA) is 56.3 Å². The fourth-order valence-corrected chi connectivity index (χ4v) is 2.58. The first-order valence-electron chi connectivity index (χ1n) is 3.74. The van der Waals surface area contributed by atoms with Gasteiger partial charge in [-0.2, -0.15) is 0 Å². The van der Waals surface area contributed by atoms with Crippen LogP contribution >= 0.6 is 33.3 Å². The maximum absolute atomic E-state index is 12.6. The van der Waals surface area contributed by atoms with Crippen molar-refractivity contribution < 1.29 is 21.9 Å². The van der Waals surface area contributed by atoms with E-state index in [0.29, 0.717) is 0 Å². The highest BCUT2D eigenvalue weighted by molar-refractivity contribution is 14.1. The Hall–Kier alpha value is -0.220. The summed E-state index contributed by atoms with van der Waals surface area (Å²) >= 11 is 1.50. The molecular weight excluding hydrogens is 379 g/mol. The molecule has 4 nitrogen and oxygen atoms in total. The lowest BCUT2D eigenvalue weighted by atomic mass is 10.3. The van der Waals surface area contributed by atoms with Crippen LogP contribution in [0.15, 0.2) is 11.1 Å². The molecule has 16 heavy (non-hydrogen) atoms. The number of hydrogen-bond donors (Lipinski definition) is 0. The molecule has 0 aliphatic heterocycles. The largest absolute Gasteiger partial charge is 0.496 e. The Morgan fingerprint density at radius 1 is 1.56 bits per heavy atom. The normalized spacial score (nSPS) is 11.9. The van der Waals surface area contributed by atoms with Crippen LogP contribution in [0, 0.1) is 3.70 Å². The highest BCUT2D eigenvalue weighted by Crippen LogP contribution is 2.34. The molecule has 0 aliphatic rings. The van der Waals surface area contributed by atoms with Gasteiger partial charge in [0.15, 0.2) is 5.03 Å². The highest BCUT2D eigenvalue weighted by Gasteiger charge is 2.23. The fraction of sp³-hybridized carbons (Fsp3) is 0.286. The zero-order valence-corrected chi connectivity index (χ0v) is 11.5. The van der Waals surface area contributed by atoms with Crippen LogP contribution in [-0.2, 0) is 9.05 Å². The standard InChI is InChI=1S/C7H5ClF2INO3S/c1-15-3-2-4(16(8,13)14)12-7(11)5(3)6(9)10/h2,6H,1H3. The van der Waals surface area contributed by atoms with Gasteiger partial charge in [0.2, 0.25) is 0 Å². The minimum absolute atomic E-state index is 0.161. The minimum atomic E-state index is -4.07. The molecule has 0 unspecified atom stereocenters. The molecule has 0 saturated carbocycles. The molecule has 1 rings (SSSR count). The molecule has 1 aromatic heterocycles. The van der Waals surface area contributed by atoms with Crippen LogP contribution in [0.4, 0.5) is 8.78 Å². The smallest absolute Gasteiger partial charge is 0.278 e. The van der Waals surface area contributed by atoms with Gasteiger partial charge in [0, 0.05) is 16.7 Å². The molecule has 0 aromatic carbocycles. The lowest BCUT2D eigenvalue weighted by Crippen LogP contribution is -2.04. The van der Waals surface area contributed by atoms with E-state index >= 15 is 0 Å². The molecule has 0 radical (unpaired) electrons. The lowest BCUT2D eigenvalue weighted by molar-refractivity contribution is 0.145. The van der Waals surface area contributed by atoms with Crippen molar-refractivity contribution in [2.75, 3.05) is 7.11 Å². The molecule has 0 atom stereocenters. The van der Waals surface area contributed by atoms with Crippen molar-refractivity contribution in [1.29, 1.82) is 0 Å². The molecule has 0 amide bonds. The molecule has 9 heteroatoms. The maximum atomic E-state index is 12.6. The summed E-state index contributed by atoms with van der Waals surface area (Å²) in [6.07, 6.45) is -2.80. The molecule has 0 bridgehead atoms. The average Bonchev–Trinajstić information content (AvgIpc) is 2.14. The van der Waals surface area contributed by atoms with E-state index in [2.05, 4.69) is 9.72 Å². The summed E-state index contributed by atoms with van der Waals surface area (Å²) in [7, 11) is 2.14. The molecule has 0 aliphatic carbocycles. The summed E-state index contributed by atoms with van der Waals surface area (Å²) in [6, 6.07) is 0.867. The minimum Gasteiger partial charge on any atom is -0.496 e. The predicted octanol–water partition coefficient (Wildman–Crippen LogP) is 2.56. The van der Waals surface area contributed by atoms with Gasteiger partial charge in [-0.1, -0.05) is 0 Å². The Labute approximate surface area is 109 Å². The summed E-state index contributed by atoms with van der Waals surface area (Å²) < 4.78 is 51.7. The van der Waals surface area contributed by atoms with Gasteiger partial charge in [-0.3, -0.25) is 0 Å². The van der Waals surface area contributed by atoms with Gasteiger partial charge >= 0.3 is 0 Å². The van der Waals surface area contributed by atoms with Gasteiger partial charge in [0.25, 0.3) is 15.5 Å². The molecule has 1 aromatic rings. The van der Waals surface area contributed by atoms with Crippen LogP contribution in [0.1, 0.15) is 12.0 Å². The van der Waals surface area contributed by atoms with Crippen molar-refractivity contribution in [2.24, 2.45) is 0 Å². The third-order valence-electron chi connectivity index (χ3n) is 1.64. The fourth-order valence-electron chi connectivity index (χ4n) is 0.972. The zero-order chi connectivity index (χ0) is 12.5. The van der Waals surface area contributed by atoms with Gasteiger partial charge in [-0.15, -0.1) is 0 Å². The SMILES string of the molecule is COc1cc(S(=O)(=O)Cl)nc(I)c1C(F)F. The second-order valence-electron chi connectivity index (χ2n) is 2.61. The summed E-state index contributed by atoms with van der Waals surface area (Å²) in [4.78, 5) is 3.48. The number of pyridine rings is 1. The van der Waals surface area contributed by atoms with Crippen LogP contribution in [0.5, 0.6) is 5.75 Å². The van der Waals surface area contributed by atoms with E-state index in [-0.39, 0.29) is 9.45 Å². The Morgan fingerprint density at radius 2 is 2.12 bits per heavy atom. The summed E-state index contributed by atoms with van der Waals surface area (Å²) in [5.41, 5.74) is -0.452. The Bertz CT molecular complexity index is 509. The van der Waals surface area contributed by atoms with Crippen molar-refractivity contribution in [1.82, 2.24) is 4.98 Å². The average molecular weight is 384 g/mol. The van der Waals surface area contributed by atoms with E-state index in [1.165, 1.54) is 22.6 Å². The highest BCUT2D eigenvalue weighted by atomic mass is 127. The first-order valence-corrected chi connectivity index (χ1v) is 7.13. The Kier molecular flexibility index (Phi) is 4.29. The number of nitrogens with zero attached hydrogens (tertiary/aromatic N) is 1. The lowest BCUT2D eigenvalue weighted by Gasteiger charge is -2.10. The second kappa shape index (κ2) is 4.96. The molecular formula is C7H5ClF2INO3S. The number of alkyl halides is 2. The van der Waals surface area contributed by atoms with Crippen LogP contribution < -0.4 is 4.74 Å². The summed E-state index contributed by atoms with van der Waals surface area (Å²) in [5.74, 6) is -0.256. The van der Waals surface area contributed by atoms with Gasteiger partial charge in [-0.25, -0.2) is 22.2 Å². The summed E-state index contributed by atoms with van der Waals surface area (Å²) in [5, 5.41) is -0.514. The number of methoxy groups -OCH3 is 1. The van der Waals surface area contributed by atoms with Crippen molar-refractivity contribution >= 4 is 42.3 Å². The van der Waals surface area contributed by atoms with Crippen LogP contribution in [-0.4, -0.2) is 20.5 Å². The van der Waals surface area contributed by atoms with E-state index < -0.39 is 26.1 Å². The van der Waals surface area contributed by atoms with Crippen molar-refractivity contribution in [3.8, 4) is 5.75 Å². The van der Waals surface area contributed by atoms with Crippen LogP contribution in [0.2, 0.25) is 0 Å². The van der Waals surface area contributed by atoms with Gasteiger partial charge in [0.1, 0.15) is 9.45 Å². The third kappa shape index (κ3) is 2.92. The van der Waals surface area contributed by atoms with Crippen LogP contribution in [0.3, 0.4) is 0 Å². The maximum Gasteiger partial charge on any atom is 0.278 e. The monoisotopic (exact) mass is 383 g/mol. The quantitative estimate of drug-likeness (QED) is 0.457. The molecule has 0 spiro atoms. The number of halogens is 4. The number of rotatable bonds is 3. The van der Waals surface area contributed by atoms with Gasteiger partial charge < -0.3 is 4.74 Å². The van der Waals surface area contributed by atoms with Crippen molar-refractivity contribution in [2.45, 2.75) is 11.5 Å². The first-order chi connectivity index (χ1) is 7.27. The van der Waals surface area contributed by atoms with E-state index in [0.717, 1.165) is 13.2 Å². The molecule has 1 heterocycles. The van der Waals surface area contributed by atoms with Gasteiger partial charge in [0.05, 0.1) is 12.7 Å². The Balaban J connectivity index is 3.50. The zero-order valence-electron chi connectivity index (χ0n) is 7.75. The van der Waals surface area contributed by atoms with Crippen molar-refractivity contribution in [3.63, 3.8) is 0 Å². The number of hydrogen-bond acceptors (Lipinski definition) is 4. The number of ether oxygens (including phenoxy) is 1. The first kappa shape index (κ1) is 13.8. The van der Waals surface area contributed by atoms with E-state index in [4.69, 9.17) is 10.7 Å². The van der Waals surface area contributed by atoms with Gasteiger partial charge in [-0.05, 0) is 22.6 Å². The predicted molar refractivity (Wildman–Crippen MR) is 61.5 cm³/mol. The third-order valence-corrected chi connectivity index (χ3v) is 3.64. The molecule has 0 fully saturated rings. The molecule has 0 N–H and O–H groups in total. The second-order valence-corrected chi connectivity index (χ2v) is 6.14. The molecule has 0 saturated heterocycles. The Morgan fingerprint density at radius 3 is 2.50 bits per heavy atom. The van der Waals surface area contributed by atoms with E-state index in [9.17, 15) is 17.2 Å². The van der Waals surface area contributed by atoms with E-state index in [1.54, 1.807) is 0 Å². The van der Waals surface area contributed by atoms with Crippen LogP contribution in [0.25, 0.3) is 0 Å². The number of aromatic nitrogens is 1. The van der Waals surface area contributed by atoms with E-state index in [1.807, 2.05) is 0 Å². The van der Waals surface area contributed by atoms with Crippen molar-refractivity contribution in [3.05, 3.63) is 15.3 Å². The summed E-state index contributed by atoms with van der Waals surface area (Å²) in [6.45, 7) is 0. The molecule has 90 valence electrons.